The van der Waals surface area contributed by atoms with Crippen molar-refractivity contribution in [3.63, 3.8) is 0 Å². The first-order valence-electron chi connectivity index (χ1n) is 7.77. The number of ketones is 1. The topological polar surface area (TPSA) is 101 Å². The minimum atomic E-state index is -0.774. The molecule has 0 saturated heterocycles. The quantitative estimate of drug-likeness (QED) is 0.740. The standard InChI is InChI=1S/C17H22N2O4/c1-11(21)7-8-15(16(18)22)19-10-14-12(5-3-9-20)4-2-6-13(14)17(19)23/h2,4,6,15,20H,3,5,7-10H2,1H3,(H2,18,22). The van der Waals surface area contributed by atoms with Crippen LogP contribution in [0.4, 0.5) is 0 Å². The van der Waals surface area contributed by atoms with Gasteiger partial charge in [-0.15, -0.1) is 0 Å². The molecule has 0 radical (unpaired) electrons. The van der Waals surface area contributed by atoms with Crippen molar-refractivity contribution in [2.75, 3.05) is 6.61 Å². The molecule has 0 aliphatic carbocycles. The predicted molar refractivity (Wildman–Crippen MR) is 84.6 cm³/mol. The maximum absolute atomic E-state index is 12.6. The van der Waals surface area contributed by atoms with E-state index in [9.17, 15) is 14.4 Å². The van der Waals surface area contributed by atoms with Crippen molar-refractivity contribution in [3.05, 3.63) is 34.9 Å². The van der Waals surface area contributed by atoms with Crippen molar-refractivity contribution < 1.29 is 19.5 Å². The molecule has 3 N–H and O–H groups in total. The summed E-state index contributed by atoms with van der Waals surface area (Å²) in [7, 11) is 0. The van der Waals surface area contributed by atoms with Crippen LogP contribution in [0.3, 0.4) is 0 Å². The summed E-state index contributed by atoms with van der Waals surface area (Å²) in [5.41, 5.74) is 7.91. The van der Waals surface area contributed by atoms with Crippen molar-refractivity contribution in [3.8, 4) is 0 Å². The van der Waals surface area contributed by atoms with E-state index in [1.165, 1.54) is 11.8 Å². The summed E-state index contributed by atoms with van der Waals surface area (Å²) in [6.45, 7) is 1.86. The number of amides is 2. The van der Waals surface area contributed by atoms with E-state index in [0.29, 0.717) is 24.9 Å². The molecule has 1 aromatic carbocycles. The van der Waals surface area contributed by atoms with Gasteiger partial charge in [0.15, 0.2) is 0 Å². The van der Waals surface area contributed by atoms with Crippen LogP contribution in [0, 0.1) is 0 Å². The minimum absolute atomic E-state index is 0.0379. The smallest absolute Gasteiger partial charge is 0.255 e. The van der Waals surface area contributed by atoms with Gasteiger partial charge in [-0.25, -0.2) is 0 Å². The fraction of sp³-hybridized carbons (Fsp3) is 0.471. The van der Waals surface area contributed by atoms with Crippen LogP contribution >= 0.6 is 0 Å². The van der Waals surface area contributed by atoms with Crippen LogP contribution in [0.2, 0.25) is 0 Å². The van der Waals surface area contributed by atoms with Crippen molar-refractivity contribution in [1.82, 2.24) is 4.90 Å². The van der Waals surface area contributed by atoms with Crippen LogP contribution in [-0.4, -0.2) is 40.3 Å². The molecule has 1 unspecified atom stereocenters. The van der Waals surface area contributed by atoms with Gasteiger partial charge >= 0.3 is 0 Å². The summed E-state index contributed by atoms with van der Waals surface area (Å²) in [6.07, 6.45) is 1.76. The lowest BCUT2D eigenvalue weighted by molar-refractivity contribution is -0.123. The molecule has 1 aliphatic rings. The van der Waals surface area contributed by atoms with E-state index in [2.05, 4.69) is 0 Å². The summed E-state index contributed by atoms with van der Waals surface area (Å²) in [5.74, 6) is -0.855. The zero-order valence-corrected chi connectivity index (χ0v) is 13.2. The zero-order chi connectivity index (χ0) is 17.0. The van der Waals surface area contributed by atoms with Crippen LogP contribution in [0.1, 0.15) is 47.7 Å². The van der Waals surface area contributed by atoms with Crippen molar-refractivity contribution in [2.24, 2.45) is 5.73 Å². The number of rotatable bonds is 8. The Labute approximate surface area is 135 Å². The summed E-state index contributed by atoms with van der Waals surface area (Å²) >= 11 is 0. The van der Waals surface area contributed by atoms with E-state index in [1.807, 2.05) is 12.1 Å². The highest BCUT2D eigenvalue weighted by Crippen LogP contribution is 2.29. The van der Waals surface area contributed by atoms with Gasteiger partial charge in [0.1, 0.15) is 11.8 Å². The number of nitrogens with two attached hydrogens (primary N) is 1. The average Bonchev–Trinajstić information content (AvgIpc) is 2.83. The number of aryl methyl sites for hydroxylation is 1. The zero-order valence-electron chi connectivity index (χ0n) is 13.2. The number of hydrogen-bond donors (Lipinski definition) is 2. The summed E-state index contributed by atoms with van der Waals surface area (Å²) < 4.78 is 0. The van der Waals surface area contributed by atoms with Crippen molar-refractivity contribution in [1.29, 1.82) is 0 Å². The van der Waals surface area contributed by atoms with E-state index < -0.39 is 11.9 Å². The summed E-state index contributed by atoms with van der Waals surface area (Å²) in [4.78, 5) is 37.0. The third-order valence-corrected chi connectivity index (χ3v) is 4.17. The molecule has 0 spiro atoms. The number of benzene rings is 1. The van der Waals surface area contributed by atoms with E-state index in [-0.39, 0.29) is 31.1 Å². The molecule has 0 bridgehead atoms. The maximum atomic E-state index is 12.6. The fourth-order valence-corrected chi connectivity index (χ4v) is 2.97. The Bertz CT molecular complexity index is 627. The van der Waals surface area contributed by atoms with Gasteiger partial charge in [-0.3, -0.25) is 9.59 Å². The van der Waals surface area contributed by atoms with Gasteiger partial charge in [-0.1, -0.05) is 12.1 Å². The lowest BCUT2D eigenvalue weighted by Gasteiger charge is -2.24. The highest BCUT2D eigenvalue weighted by atomic mass is 16.3. The molecular weight excluding hydrogens is 296 g/mol. The Balaban J connectivity index is 2.24. The summed E-state index contributed by atoms with van der Waals surface area (Å²) in [6, 6.07) is 4.70. The van der Waals surface area contributed by atoms with Crippen LogP contribution in [0.25, 0.3) is 0 Å². The van der Waals surface area contributed by atoms with Crippen molar-refractivity contribution in [2.45, 2.75) is 45.2 Å². The minimum Gasteiger partial charge on any atom is -0.396 e. The Hall–Kier alpha value is -2.21. The molecule has 6 nitrogen and oxygen atoms in total. The molecule has 23 heavy (non-hydrogen) atoms. The van der Waals surface area contributed by atoms with Gasteiger partial charge in [-0.05, 0) is 43.4 Å². The molecule has 1 atom stereocenters. The number of aliphatic hydroxyl groups excluding tert-OH is 1. The van der Waals surface area contributed by atoms with Crippen LogP contribution in [0.5, 0.6) is 0 Å². The van der Waals surface area contributed by atoms with Crippen LogP contribution < -0.4 is 5.73 Å². The van der Waals surface area contributed by atoms with E-state index in [4.69, 9.17) is 10.8 Å². The number of Topliss-reactive ketones (excluding diaryl/α,β-unsaturated/α-hetero) is 1. The SMILES string of the molecule is CC(=O)CCC(C(N)=O)N1Cc2c(CCCO)cccc2C1=O. The number of nitrogens with zero attached hydrogens (tertiary/aromatic N) is 1. The first kappa shape index (κ1) is 17.1. The molecule has 1 aliphatic heterocycles. The second kappa shape index (κ2) is 7.37. The molecule has 2 rings (SSSR count). The lowest BCUT2D eigenvalue weighted by atomic mass is 10.00. The maximum Gasteiger partial charge on any atom is 0.255 e. The van der Waals surface area contributed by atoms with E-state index in [1.54, 1.807) is 6.07 Å². The van der Waals surface area contributed by atoms with Gasteiger partial charge in [-0.2, -0.15) is 0 Å². The van der Waals surface area contributed by atoms with Gasteiger partial charge in [0.05, 0.1) is 0 Å². The Morgan fingerprint density at radius 2 is 2.13 bits per heavy atom. The molecule has 0 aromatic heterocycles. The third-order valence-electron chi connectivity index (χ3n) is 4.17. The number of primary amides is 1. The lowest BCUT2D eigenvalue weighted by Crippen LogP contribution is -2.45. The van der Waals surface area contributed by atoms with Gasteiger partial charge < -0.3 is 20.5 Å². The molecule has 1 heterocycles. The molecule has 124 valence electrons. The highest BCUT2D eigenvalue weighted by Gasteiger charge is 2.36. The highest BCUT2D eigenvalue weighted by molar-refractivity contribution is 6.01. The van der Waals surface area contributed by atoms with E-state index >= 15 is 0 Å². The Morgan fingerprint density at radius 1 is 1.39 bits per heavy atom. The molecule has 1 aromatic rings. The third kappa shape index (κ3) is 3.76. The predicted octanol–water partition coefficient (Wildman–Crippen LogP) is 0.790. The molecular formula is C17H22N2O4. The second-order valence-electron chi connectivity index (χ2n) is 5.86. The van der Waals surface area contributed by atoms with E-state index in [0.717, 1.165) is 11.1 Å². The second-order valence-corrected chi connectivity index (χ2v) is 5.86. The molecule has 0 saturated carbocycles. The van der Waals surface area contributed by atoms with Crippen LogP contribution in [-0.2, 0) is 22.6 Å². The average molecular weight is 318 g/mol. The molecule has 0 fully saturated rings. The monoisotopic (exact) mass is 318 g/mol. The fourth-order valence-electron chi connectivity index (χ4n) is 2.97. The number of carbonyl (C=O) groups excluding carboxylic acids is 3. The Kier molecular flexibility index (Phi) is 5.50. The van der Waals surface area contributed by atoms with Crippen molar-refractivity contribution >= 4 is 17.6 Å². The van der Waals surface area contributed by atoms with Crippen LogP contribution in [0.15, 0.2) is 18.2 Å². The normalized spacial score (nSPS) is 14.7. The van der Waals surface area contributed by atoms with Gasteiger partial charge in [0.2, 0.25) is 5.91 Å². The molecule has 2 amide bonds. The number of aliphatic hydroxyl groups is 1. The Morgan fingerprint density at radius 3 is 2.74 bits per heavy atom. The first-order chi connectivity index (χ1) is 11.0. The number of carbonyl (C=O) groups is 3. The molecule has 6 heteroatoms. The van der Waals surface area contributed by atoms with Gasteiger partial charge in [0.25, 0.3) is 5.91 Å². The number of hydrogen-bond acceptors (Lipinski definition) is 4. The number of fused-ring (bicyclic) bond motifs is 1. The largest absolute Gasteiger partial charge is 0.396 e. The first-order valence-corrected chi connectivity index (χ1v) is 7.77. The van der Waals surface area contributed by atoms with Gasteiger partial charge in [0, 0.05) is 25.1 Å². The summed E-state index contributed by atoms with van der Waals surface area (Å²) in [5, 5.41) is 8.99.